The van der Waals surface area contributed by atoms with Gasteiger partial charge in [0.1, 0.15) is 5.75 Å². The summed E-state index contributed by atoms with van der Waals surface area (Å²) < 4.78 is 7.71. The molecule has 0 saturated carbocycles. The molecule has 6 heteroatoms. The van der Waals surface area contributed by atoms with Crippen LogP contribution in [0.5, 0.6) is 5.75 Å². The minimum absolute atomic E-state index is 0.184. The largest absolute Gasteiger partial charge is 0.495 e. The van der Waals surface area contributed by atoms with Crippen LogP contribution in [0.2, 0.25) is 0 Å². The lowest BCUT2D eigenvalue weighted by atomic mass is 10.1. The van der Waals surface area contributed by atoms with Crippen molar-refractivity contribution >= 4 is 17.7 Å². The molecule has 0 aliphatic carbocycles. The smallest absolute Gasteiger partial charge is 0.235 e. The molecule has 2 aromatic carbocycles. The molecule has 3 aromatic rings. The van der Waals surface area contributed by atoms with E-state index in [9.17, 15) is 4.79 Å². The van der Waals surface area contributed by atoms with Crippen molar-refractivity contribution in [1.82, 2.24) is 14.5 Å². The van der Waals surface area contributed by atoms with E-state index >= 15 is 0 Å². The lowest BCUT2D eigenvalue weighted by molar-refractivity contribution is -0.129. The Morgan fingerprint density at radius 3 is 2.48 bits per heavy atom. The summed E-state index contributed by atoms with van der Waals surface area (Å²) in [4.78, 5) is 19.5. The number of ether oxygens (including phenoxy) is 1. The van der Waals surface area contributed by atoms with Crippen LogP contribution in [-0.4, -0.2) is 45.8 Å². The first kappa shape index (κ1) is 19.6. The number of carbonyl (C=O) groups excluding carboxylic acids is 1. The van der Waals surface area contributed by atoms with Crippen LogP contribution in [-0.2, 0) is 4.79 Å². The summed E-state index contributed by atoms with van der Waals surface area (Å²) in [6, 6.07) is 18.1. The number of hydrogen-bond acceptors (Lipinski definition) is 4. The van der Waals surface area contributed by atoms with Gasteiger partial charge in [0.05, 0.1) is 29.9 Å². The van der Waals surface area contributed by atoms with E-state index in [2.05, 4.69) is 16.7 Å². The third kappa shape index (κ3) is 4.03. The molecular weight excluding hydrogens is 382 g/mol. The van der Waals surface area contributed by atoms with Gasteiger partial charge >= 0.3 is 0 Å². The van der Waals surface area contributed by atoms with E-state index in [1.165, 1.54) is 11.8 Å². The normalized spacial score (nSPS) is 14.8. The molecule has 0 bridgehead atoms. The van der Waals surface area contributed by atoms with Crippen LogP contribution in [0.25, 0.3) is 16.9 Å². The topological polar surface area (TPSA) is 47.4 Å². The first-order valence-corrected chi connectivity index (χ1v) is 10.8. The number of rotatable bonds is 6. The second kappa shape index (κ2) is 8.74. The first-order chi connectivity index (χ1) is 14.2. The summed E-state index contributed by atoms with van der Waals surface area (Å²) in [5.41, 5.74) is 2.95. The fraction of sp³-hybridized carbons (Fsp3) is 0.304. The monoisotopic (exact) mass is 407 g/mol. The highest BCUT2D eigenvalue weighted by Crippen LogP contribution is 2.35. The molecular formula is C23H25N3O2S. The number of imidazole rings is 1. The van der Waals surface area contributed by atoms with Crippen molar-refractivity contribution in [2.24, 2.45) is 0 Å². The molecule has 1 atom stereocenters. The molecule has 1 amide bonds. The fourth-order valence-corrected chi connectivity index (χ4v) is 4.66. The van der Waals surface area contributed by atoms with E-state index in [-0.39, 0.29) is 11.2 Å². The van der Waals surface area contributed by atoms with E-state index in [1.54, 1.807) is 7.11 Å². The molecule has 1 aliphatic heterocycles. The number of benzene rings is 2. The highest BCUT2D eigenvalue weighted by atomic mass is 32.2. The van der Waals surface area contributed by atoms with Crippen molar-refractivity contribution in [3.63, 3.8) is 0 Å². The second-order valence-corrected chi connectivity index (χ2v) is 8.40. The van der Waals surface area contributed by atoms with E-state index in [0.29, 0.717) is 0 Å². The minimum Gasteiger partial charge on any atom is -0.495 e. The standard InChI is InChI=1S/C23H25N3O2S/c1-17(22(27)25-14-8-9-15-25)29-23-24-16-20(18-10-4-3-5-11-18)26(23)19-12-6-7-13-21(19)28-2/h3-7,10-13,16-17H,8-9,14-15H2,1-2H3. The van der Waals surface area contributed by atoms with Gasteiger partial charge in [-0.25, -0.2) is 4.98 Å². The minimum atomic E-state index is -0.201. The van der Waals surface area contributed by atoms with E-state index < -0.39 is 0 Å². The average Bonchev–Trinajstić information content (AvgIpc) is 3.44. The maximum Gasteiger partial charge on any atom is 0.235 e. The van der Waals surface area contributed by atoms with Gasteiger partial charge in [-0.1, -0.05) is 54.2 Å². The van der Waals surface area contributed by atoms with Crippen LogP contribution < -0.4 is 4.74 Å². The van der Waals surface area contributed by atoms with Gasteiger partial charge in [-0.2, -0.15) is 0 Å². The van der Waals surface area contributed by atoms with Gasteiger partial charge in [0.15, 0.2) is 5.16 Å². The number of para-hydroxylation sites is 2. The van der Waals surface area contributed by atoms with Gasteiger partial charge < -0.3 is 9.64 Å². The molecule has 29 heavy (non-hydrogen) atoms. The van der Waals surface area contributed by atoms with Crippen molar-refractivity contribution in [3.05, 3.63) is 60.8 Å². The molecule has 5 nitrogen and oxygen atoms in total. The highest BCUT2D eigenvalue weighted by Gasteiger charge is 2.26. The van der Waals surface area contributed by atoms with Crippen molar-refractivity contribution in [2.45, 2.75) is 30.2 Å². The zero-order valence-corrected chi connectivity index (χ0v) is 17.6. The first-order valence-electron chi connectivity index (χ1n) is 9.91. The maximum atomic E-state index is 12.8. The number of likely N-dealkylation sites (tertiary alicyclic amines) is 1. The summed E-state index contributed by atoms with van der Waals surface area (Å²) in [6.45, 7) is 3.69. The molecule has 2 heterocycles. The Hall–Kier alpha value is -2.73. The maximum absolute atomic E-state index is 12.8. The van der Waals surface area contributed by atoms with E-state index in [1.807, 2.05) is 60.5 Å². The van der Waals surface area contributed by atoms with Gasteiger partial charge in [-0.3, -0.25) is 9.36 Å². The van der Waals surface area contributed by atoms with E-state index in [4.69, 9.17) is 9.72 Å². The van der Waals surface area contributed by atoms with Gasteiger partial charge in [0, 0.05) is 18.7 Å². The van der Waals surface area contributed by atoms with Crippen LogP contribution in [0.4, 0.5) is 0 Å². The second-order valence-electron chi connectivity index (χ2n) is 7.09. The quantitative estimate of drug-likeness (QED) is 0.558. The SMILES string of the molecule is COc1ccccc1-n1c(-c2ccccc2)cnc1SC(C)C(=O)N1CCCC1. The van der Waals surface area contributed by atoms with E-state index in [0.717, 1.165) is 53.8 Å². The molecule has 4 rings (SSSR count). The predicted octanol–water partition coefficient (Wildman–Crippen LogP) is 4.65. The third-order valence-electron chi connectivity index (χ3n) is 5.17. The Morgan fingerprint density at radius 2 is 1.76 bits per heavy atom. The summed E-state index contributed by atoms with van der Waals surface area (Å²) >= 11 is 1.50. The summed E-state index contributed by atoms with van der Waals surface area (Å²) in [5, 5.41) is 0.584. The van der Waals surface area contributed by atoms with Crippen LogP contribution in [0, 0.1) is 0 Å². The van der Waals surface area contributed by atoms with Gasteiger partial charge in [-0.05, 0) is 31.9 Å². The van der Waals surface area contributed by atoms with Crippen LogP contribution in [0.15, 0.2) is 66.0 Å². The van der Waals surface area contributed by atoms with Gasteiger partial charge in [0.25, 0.3) is 0 Å². The number of hydrogen-bond donors (Lipinski definition) is 0. The Morgan fingerprint density at radius 1 is 1.07 bits per heavy atom. The molecule has 150 valence electrons. The van der Waals surface area contributed by atoms with Crippen LogP contribution in [0.1, 0.15) is 19.8 Å². The summed E-state index contributed by atoms with van der Waals surface area (Å²) in [5.74, 6) is 0.950. The highest BCUT2D eigenvalue weighted by molar-refractivity contribution is 8.00. The third-order valence-corrected chi connectivity index (χ3v) is 6.23. The number of amides is 1. The number of nitrogens with zero attached hydrogens (tertiary/aromatic N) is 3. The summed E-state index contributed by atoms with van der Waals surface area (Å²) in [7, 11) is 1.67. The average molecular weight is 408 g/mol. The van der Waals surface area contributed by atoms with Crippen LogP contribution in [0.3, 0.4) is 0 Å². The molecule has 1 aromatic heterocycles. The van der Waals surface area contributed by atoms with Crippen molar-refractivity contribution < 1.29 is 9.53 Å². The molecule has 0 N–H and O–H groups in total. The molecule has 1 aliphatic rings. The molecule has 1 unspecified atom stereocenters. The Labute approximate surface area is 175 Å². The Balaban J connectivity index is 1.74. The Kier molecular flexibility index (Phi) is 5.90. The summed E-state index contributed by atoms with van der Waals surface area (Å²) in [6.07, 6.45) is 4.06. The lowest BCUT2D eigenvalue weighted by Crippen LogP contribution is -2.34. The van der Waals surface area contributed by atoms with Crippen molar-refractivity contribution in [3.8, 4) is 22.7 Å². The molecule has 0 spiro atoms. The van der Waals surface area contributed by atoms with Crippen molar-refractivity contribution in [2.75, 3.05) is 20.2 Å². The number of carbonyl (C=O) groups is 1. The predicted molar refractivity (Wildman–Crippen MR) is 117 cm³/mol. The fourth-order valence-electron chi connectivity index (χ4n) is 3.68. The Bertz CT molecular complexity index is 981. The van der Waals surface area contributed by atoms with Crippen molar-refractivity contribution in [1.29, 1.82) is 0 Å². The van der Waals surface area contributed by atoms with Gasteiger partial charge in [0.2, 0.25) is 5.91 Å². The zero-order valence-electron chi connectivity index (χ0n) is 16.7. The lowest BCUT2D eigenvalue weighted by Gasteiger charge is -2.21. The zero-order chi connectivity index (χ0) is 20.2. The number of thioether (sulfide) groups is 1. The molecule has 1 fully saturated rings. The number of methoxy groups -OCH3 is 1. The number of aromatic nitrogens is 2. The van der Waals surface area contributed by atoms with Gasteiger partial charge in [-0.15, -0.1) is 0 Å². The van der Waals surface area contributed by atoms with Crippen LogP contribution >= 0.6 is 11.8 Å². The molecule has 0 radical (unpaired) electrons. The molecule has 1 saturated heterocycles.